The topological polar surface area (TPSA) is 90.7 Å². The molecule has 0 aliphatic carbocycles. The smallest absolute Gasteiger partial charge is 0.326 e. The standard InChI is InChI=1S/C13H16N2O4/c1-8-3-2-6-15(11(8)13(18)19)12(17)9-4-5-14-7-10(9)16/h4-5,7-8,11,16H,2-3,6H2,1H3,(H,18,19). The number of pyridine rings is 1. The lowest BCUT2D eigenvalue weighted by Crippen LogP contribution is -2.51. The lowest BCUT2D eigenvalue weighted by molar-refractivity contribution is -0.145. The minimum Gasteiger partial charge on any atom is -0.505 e. The highest BCUT2D eigenvalue weighted by Crippen LogP contribution is 2.27. The van der Waals surface area contributed by atoms with Gasteiger partial charge in [0.25, 0.3) is 5.91 Å². The molecule has 2 rings (SSSR count). The van der Waals surface area contributed by atoms with Crippen LogP contribution < -0.4 is 0 Å². The van der Waals surface area contributed by atoms with Crippen LogP contribution in [-0.2, 0) is 4.79 Å². The van der Waals surface area contributed by atoms with Gasteiger partial charge in [-0.25, -0.2) is 4.79 Å². The minimum absolute atomic E-state index is 0.0929. The number of aromatic hydroxyl groups is 1. The first-order chi connectivity index (χ1) is 9.02. The summed E-state index contributed by atoms with van der Waals surface area (Å²) in [7, 11) is 0. The Kier molecular flexibility index (Phi) is 3.69. The van der Waals surface area contributed by atoms with Gasteiger partial charge in [0, 0.05) is 12.7 Å². The van der Waals surface area contributed by atoms with Gasteiger partial charge in [0.1, 0.15) is 11.8 Å². The predicted molar refractivity (Wildman–Crippen MR) is 66.8 cm³/mol. The van der Waals surface area contributed by atoms with Gasteiger partial charge in [-0.1, -0.05) is 6.92 Å². The summed E-state index contributed by atoms with van der Waals surface area (Å²) in [4.78, 5) is 28.7. The lowest BCUT2D eigenvalue weighted by Gasteiger charge is -2.37. The van der Waals surface area contributed by atoms with E-state index in [0.717, 1.165) is 12.8 Å². The Morgan fingerprint density at radius 1 is 1.47 bits per heavy atom. The van der Waals surface area contributed by atoms with Crippen LogP contribution in [0.5, 0.6) is 5.75 Å². The second kappa shape index (κ2) is 5.26. The third-order valence-electron chi connectivity index (χ3n) is 3.48. The predicted octanol–water partition coefficient (Wildman–Crippen LogP) is 1.11. The molecule has 1 amide bonds. The van der Waals surface area contributed by atoms with Crippen molar-refractivity contribution in [3.63, 3.8) is 0 Å². The summed E-state index contributed by atoms with van der Waals surface area (Å²) in [5, 5.41) is 18.9. The van der Waals surface area contributed by atoms with E-state index in [-0.39, 0.29) is 17.2 Å². The Hall–Kier alpha value is -2.11. The monoisotopic (exact) mass is 264 g/mol. The van der Waals surface area contributed by atoms with Crippen LogP contribution in [0.15, 0.2) is 18.5 Å². The Balaban J connectivity index is 2.31. The highest BCUT2D eigenvalue weighted by Gasteiger charge is 2.37. The number of aromatic nitrogens is 1. The quantitative estimate of drug-likeness (QED) is 0.835. The minimum atomic E-state index is -1.01. The van der Waals surface area contributed by atoms with Gasteiger partial charge in [0.2, 0.25) is 0 Å². The van der Waals surface area contributed by atoms with Crippen LogP contribution in [0.3, 0.4) is 0 Å². The first-order valence-corrected chi connectivity index (χ1v) is 6.19. The lowest BCUT2D eigenvalue weighted by atomic mass is 9.90. The molecule has 1 aliphatic heterocycles. The maximum atomic E-state index is 12.4. The van der Waals surface area contributed by atoms with Crippen LogP contribution in [0, 0.1) is 5.92 Å². The number of carbonyl (C=O) groups excluding carboxylic acids is 1. The van der Waals surface area contributed by atoms with Crippen molar-refractivity contribution in [1.82, 2.24) is 9.88 Å². The van der Waals surface area contributed by atoms with E-state index in [4.69, 9.17) is 0 Å². The van der Waals surface area contributed by atoms with Gasteiger partial charge in [-0.05, 0) is 24.8 Å². The number of nitrogens with zero attached hydrogens (tertiary/aromatic N) is 2. The molecule has 6 heteroatoms. The van der Waals surface area contributed by atoms with Gasteiger partial charge in [-0.15, -0.1) is 0 Å². The Bertz CT molecular complexity index is 503. The molecule has 0 radical (unpaired) electrons. The van der Waals surface area contributed by atoms with Crippen molar-refractivity contribution in [2.75, 3.05) is 6.54 Å². The number of amides is 1. The van der Waals surface area contributed by atoms with Crippen LogP contribution in [-0.4, -0.2) is 44.6 Å². The van der Waals surface area contributed by atoms with E-state index in [0.29, 0.717) is 6.54 Å². The molecule has 19 heavy (non-hydrogen) atoms. The molecule has 2 N–H and O–H groups in total. The molecule has 2 atom stereocenters. The zero-order valence-corrected chi connectivity index (χ0v) is 10.6. The van der Waals surface area contributed by atoms with Crippen molar-refractivity contribution in [1.29, 1.82) is 0 Å². The van der Waals surface area contributed by atoms with Gasteiger partial charge >= 0.3 is 5.97 Å². The molecular weight excluding hydrogens is 248 g/mol. The van der Waals surface area contributed by atoms with Crippen LogP contribution in [0.1, 0.15) is 30.1 Å². The molecule has 0 bridgehead atoms. The van der Waals surface area contributed by atoms with Gasteiger partial charge in [0.15, 0.2) is 0 Å². The second-order valence-corrected chi connectivity index (χ2v) is 4.79. The molecule has 1 aromatic heterocycles. The summed E-state index contributed by atoms with van der Waals surface area (Å²) in [5.41, 5.74) is 0.0929. The fraction of sp³-hybridized carbons (Fsp3) is 0.462. The number of likely N-dealkylation sites (tertiary alicyclic amines) is 1. The van der Waals surface area contributed by atoms with E-state index in [2.05, 4.69) is 4.98 Å². The van der Waals surface area contributed by atoms with Crippen molar-refractivity contribution in [3.05, 3.63) is 24.0 Å². The zero-order chi connectivity index (χ0) is 14.0. The fourth-order valence-corrected chi connectivity index (χ4v) is 2.51. The van der Waals surface area contributed by atoms with E-state index < -0.39 is 17.9 Å². The van der Waals surface area contributed by atoms with Crippen molar-refractivity contribution in [2.45, 2.75) is 25.8 Å². The number of carbonyl (C=O) groups is 2. The number of hydrogen-bond donors (Lipinski definition) is 2. The fourth-order valence-electron chi connectivity index (χ4n) is 2.51. The van der Waals surface area contributed by atoms with Gasteiger partial charge in [-0.3, -0.25) is 9.78 Å². The van der Waals surface area contributed by atoms with Crippen LogP contribution in [0.2, 0.25) is 0 Å². The summed E-state index contributed by atoms with van der Waals surface area (Å²) >= 11 is 0. The highest BCUT2D eigenvalue weighted by atomic mass is 16.4. The summed E-state index contributed by atoms with van der Waals surface area (Å²) < 4.78 is 0. The third kappa shape index (κ3) is 2.52. The maximum absolute atomic E-state index is 12.4. The zero-order valence-electron chi connectivity index (χ0n) is 10.6. The van der Waals surface area contributed by atoms with Crippen LogP contribution in [0.4, 0.5) is 0 Å². The van der Waals surface area contributed by atoms with Crippen molar-refractivity contribution in [3.8, 4) is 5.75 Å². The Morgan fingerprint density at radius 3 is 2.84 bits per heavy atom. The second-order valence-electron chi connectivity index (χ2n) is 4.79. The molecule has 1 saturated heterocycles. The SMILES string of the molecule is CC1CCCN(C(=O)c2ccncc2O)C1C(=O)O. The number of carboxylic acid groups (broad SMARTS) is 1. The first kappa shape index (κ1) is 13.3. The largest absolute Gasteiger partial charge is 0.505 e. The molecular formula is C13H16N2O4. The molecule has 1 aromatic rings. The summed E-state index contributed by atoms with van der Waals surface area (Å²) in [6, 6.07) is 0.560. The molecule has 2 heterocycles. The van der Waals surface area contributed by atoms with Gasteiger partial charge < -0.3 is 15.1 Å². The Morgan fingerprint density at radius 2 is 2.21 bits per heavy atom. The molecule has 0 saturated carbocycles. The van der Waals surface area contributed by atoms with Crippen LogP contribution >= 0.6 is 0 Å². The molecule has 1 fully saturated rings. The van der Waals surface area contributed by atoms with Crippen molar-refractivity contribution < 1.29 is 19.8 Å². The molecule has 0 aromatic carbocycles. The summed E-state index contributed by atoms with van der Waals surface area (Å²) in [6.45, 7) is 2.21. The van der Waals surface area contributed by atoms with Crippen LogP contribution in [0.25, 0.3) is 0 Å². The normalized spacial score (nSPS) is 23.1. The number of piperidine rings is 1. The molecule has 102 valence electrons. The van der Waals surface area contributed by atoms with E-state index in [9.17, 15) is 19.8 Å². The number of hydrogen-bond acceptors (Lipinski definition) is 4. The van der Waals surface area contributed by atoms with Crippen molar-refractivity contribution >= 4 is 11.9 Å². The molecule has 6 nitrogen and oxygen atoms in total. The highest BCUT2D eigenvalue weighted by molar-refractivity contribution is 5.98. The number of carboxylic acids is 1. The molecule has 0 spiro atoms. The van der Waals surface area contributed by atoms with Gasteiger partial charge in [-0.2, -0.15) is 0 Å². The molecule has 1 aliphatic rings. The van der Waals surface area contributed by atoms with E-state index >= 15 is 0 Å². The number of rotatable bonds is 2. The first-order valence-electron chi connectivity index (χ1n) is 6.19. The third-order valence-corrected chi connectivity index (χ3v) is 3.48. The molecule has 2 unspecified atom stereocenters. The average molecular weight is 264 g/mol. The van der Waals surface area contributed by atoms with E-state index in [1.165, 1.54) is 23.4 Å². The summed E-state index contributed by atoms with van der Waals surface area (Å²) in [5.74, 6) is -1.79. The Labute approximate surface area is 110 Å². The van der Waals surface area contributed by atoms with Gasteiger partial charge in [0.05, 0.1) is 11.8 Å². The average Bonchev–Trinajstić information content (AvgIpc) is 2.37. The number of aliphatic carboxylic acids is 1. The van der Waals surface area contributed by atoms with E-state index in [1.807, 2.05) is 6.92 Å². The van der Waals surface area contributed by atoms with Crippen molar-refractivity contribution in [2.24, 2.45) is 5.92 Å². The summed E-state index contributed by atoms with van der Waals surface area (Å²) in [6.07, 6.45) is 4.12. The van der Waals surface area contributed by atoms with E-state index in [1.54, 1.807) is 0 Å². The maximum Gasteiger partial charge on any atom is 0.326 e.